The van der Waals surface area contributed by atoms with Crippen LogP contribution in [0.3, 0.4) is 0 Å². The summed E-state index contributed by atoms with van der Waals surface area (Å²) in [6, 6.07) is 14.4. The van der Waals surface area contributed by atoms with Crippen LogP contribution in [0.25, 0.3) is 10.9 Å². The molecule has 1 aliphatic heterocycles. The Morgan fingerprint density at radius 2 is 2.03 bits per heavy atom. The molecule has 3 aromatic rings. The highest BCUT2D eigenvalue weighted by Gasteiger charge is 2.30. The van der Waals surface area contributed by atoms with Gasteiger partial charge >= 0.3 is 5.97 Å². The molecule has 0 saturated carbocycles. The van der Waals surface area contributed by atoms with Crippen LogP contribution in [0.1, 0.15) is 62.2 Å². The van der Waals surface area contributed by atoms with Crippen LogP contribution in [-0.4, -0.2) is 52.8 Å². The number of carboxylic acid groups (broad SMARTS) is 1. The number of hydrogen-bond donors (Lipinski definition) is 2. The van der Waals surface area contributed by atoms with Crippen LogP contribution in [0, 0.1) is 17.7 Å². The summed E-state index contributed by atoms with van der Waals surface area (Å²) in [7, 11) is 1.63. The predicted octanol–water partition coefficient (Wildman–Crippen LogP) is 6.02. The summed E-state index contributed by atoms with van der Waals surface area (Å²) in [6.45, 7) is 2.85. The van der Waals surface area contributed by atoms with E-state index < -0.39 is 12.1 Å². The zero-order valence-electron chi connectivity index (χ0n) is 22.2. The van der Waals surface area contributed by atoms with Gasteiger partial charge < -0.3 is 19.8 Å². The maximum absolute atomic E-state index is 13.4. The fourth-order valence-electron chi connectivity index (χ4n) is 5.82. The molecule has 1 saturated heterocycles. The van der Waals surface area contributed by atoms with E-state index in [1.54, 1.807) is 25.4 Å². The number of rotatable bonds is 13. The number of pyridine rings is 1. The Bertz CT molecular complexity index is 1200. The molecule has 0 aliphatic carbocycles. The van der Waals surface area contributed by atoms with Crippen molar-refractivity contribution < 1.29 is 24.1 Å². The molecule has 1 fully saturated rings. The predicted molar refractivity (Wildman–Crippen MR) is 147 cm³/mol. The molecule has 4 rings (SSSR count). The summed E-state index contributed by atoms with van der Waals surface area (Å²) in [4.78, 5) is 18.2. The fourth-order valence-corrected chi connectivity index (χ4v) is 5.82. The van der Waals surface area contributed by atoms with Gasteiger partial charge in [-0.3, -0.25) is 9.78 Å². The molecule has 0 radical (unpaired) electrons. The number of unbranched alkanes of at least 4 members (excludes halogenated alkanes) is 1. The van der Waals surface area contributed by atoms with Crippen LogP contribution < -0.4 is 4.74 Å². The zero-order valence-corrected chi connectivity index (χ0v) is 22.2. The molecule has 204 valence electrons. The van der Waals surface area contributed by atoms with Crippen LogP contribution in [0.15, 0.2) is 54.7 Å². The maximum Gasteiger partial charge on any atom is 0.303 e. The first kappa shape index (κ1) is 28.0. The van der Waals surface area contributed by atoms with Gasteiger partial charge in [0.1, 0.15) is 11.6 Å². The lowest BCUT2D eigenvalue weighted by molar-refractivity contribution is -0.137. The lowest BCUT2D eigenvalue weighted by atomic mass is 9.79. The Kier molecular flexibility index (Phi) is 10.1. The molecule has 1 aromatic heterocycles. The number of fused-ring (bicyclic) bond motifs is 1. The standard InChI is InChI=1S/C31H39FN2O4/c1-38-26-10-11-29-28(20-26)27(14-16-33-29)30(35)12-8-23-15-18-34(21-24(23)9-13-31(36)37)17-3-2-5-22-6-4-7-25(32)19-22/h4,6-7,10-11,14,16,19-20,23-24,30,35H,2-3,5,8-9,12-13,15,17-18,21H2,1H3,(H,36,37)/t23?,24?,30-/m0/s1. The Morgan fingerprint density at radius 3 is 2.82 bits per heavy atom. The van der Waals surface area contributed by atoms with Gasteiger partial charge in [0.2, 0.25) is 0 Å². The first-order valence-corrected chi connectivity index (χ1v) is 13.7. The summed E-state index contributed by atoms with van der Waals surface area (Å²) in [5.74, 6) is 0.469. The molecule has 38 heavy (non-hydrogen) atoms. The monoisotopic (exact) mass is 522 g/mol. The molecular formula is C31H39FN2O4. The van der Waals surface area contributed by atoms with Gasteiger partial charge in [0.15, 0.2) is 0 Å². The van der Waals surface area contributed by atoms with Crippen molar-refractivity contribution in [3.8, 4) is 5.75 Å². The number of likely N-dealkylation sites (tertiary alicyclic amines) is 1. The number of hydrogen-bond acceptors (Lipinski definition) is 5. The summed E-state index contributed by atoms with van der Waals surface area (Å²) < 4.78 is 18.8. The zero-order chi connectivity index (χ0) is 26.9. The number of piperidine rings is 1. The van der Waals surface area contributed by atoms with Crippen LogP contribution in [0.4, 0.5) is 4.39 Å². The maximum atomic E-state index is 13.4. The van der Waals surface area contributed by atoms with Crippen LogP contribution in [0.2, 0.25) is 0 Å². The van der Waals surface area contributed by atoms with Gasteiger partial charge in [-0.05, 0) is 117 Å². The lowest BCUT2D eigenvalue weighted by Crippen LogP contribution is -2.41. The molecule has 2 aromatic carbocycles. The highest BCUT2D eigenvalue weighted by Crippen LogP contribution is 2.35. The van der Waals surface area contributed by atoms with Crippen molar-refractivity contribution in [1.82, 2.24) is 9.88 Å². The summed E-state index contributed by atoms with van der Waals surface area (Å²) in [5.41, 5.74) is 2.71. The van der Waals surface area contributed by atoms with E-state index in [1.807, 2.05) is 30.3 Å². The third-order valence-electron chi connectivity index (χ3n) is 7.94. The molecular weight excluding hydrogens is 483 g/mol. The average molecular weight is 523 g/mol. The molecule has 7 heteroatoms. The first-order chi connectivity index (χ1) is 18.4. The van der Waals surface area contributed by atoms with Crippen molar-refractivity contribution in [3.63, 3.8) is 0 Å². The van der Waals surface area contributed by atoms with E-state index in [0.717, 1.165) is 79.5 Å². The van der Waals surface area contributed by atoms with E-state index in [-0.39, 0.29) is 12.2 Å². The second-order valence-electron chi connectivity index (χ2n) is 10.5. The number of aliphatic carboxylic acids is 1. The van der Waals surface area contributed by atoms with Gasteiger partial charge in [-0.25, -0.2) is 4.39 Å². The van der Waals surface area contributed by atoms with Gasteiger partial charge in [-0.1, -0.05) is 12.1 Å². The van der Waals surface area contributed by atoms with E-state index in [1.165, 1.54) is 6.07 Å². The molecule has 2 unspecified atom stereocenters. The third-order valence-corrected chi connectivity index (χ3v) is 7.94. The number of carbonyl (C=O) groups is 1. The second kappa shape index (κ2) is 13.7. The molecule has 1 aliphatic rings. The second-order valence-corrected chi connectivity index (χ2v) is 10.5. The minimum Gasteiger partial charge on any atom is -0.497 e. The molecule has 0 bridgehead atoms. The van der Waals surface area contributed by atoms with Gasteiger partial charge in [-0.2, -0.15) is 0 Å². The number of ether oxygens (including phenoxy) is 1. The Morgan fingerprint density at radius 1 is 1.16 bits per heavy atom. The van der Waals surface area contributed by atoms with Crippen LogP contribution in [0.5, 0.6) is 5.75 Å². The van der Waals surface area contributed by atoms with E-state index in [4.69, 9.17) is 4.74 Å². The molecule has 0 spiro atoms. The minimum atomic E-state index is -0.756. The number of benzene rings is 2. The molecule has 2 N–H and O–H groups in total. The SMILES string of the molecule is COc1ccc2nccc([C@@H](O)CCC3CCN(CCCCc4cccc(F)c4)CC3CCC(=O)O)c2c1. The number of nitrogens with zero attached hydrogens (tertiary/aromatic N) is 2. The van der Waals surface area contributed by atoms with Crippen molar-refractivity contribution in [3.05, 3.63) is 71.7 Å². The largest absolute Gasteiger partial charge is 0.497 e. The number of halogens is 1. The Labute approximate surface area is 224 Å². The van der Waals surface area contributed by atoms with Gasteiger partial charge in [-0.15, -0.1) is 0 Å². The molecule has 0 amide bonds. The van der Waals surface area contributed by atoms with Crippen molar-refractivity contribution in [2.24, 2.45) is 11.8 Å². The summed E-state index contributed by atoms with van der Waals surface area (Å²) in [5, 5.41) is 21.3. The Balaban J connectivity index is 1.32. The van der Waals surface area contributed by atoms with Crippen molar-refractivity contribution in [2.45, 2.75) is 57.5 Å². The topological polar surface area (TPSA) is 82.9 Å². The molecule has 3 atom stereocenters. The number of aliphatic hydroxyl groups excluding tert-OH is 1. The van der Waals surface area contributed by atoms with Crippen molar-refractivity contribution in [1.29, 1.82) is 0 Å². The lowest BCUT2D eigenvalue weighted by Gasteiger charge is -2.39. The number of aryl methyl sites for hydroxylation is 1. The minimum absolute atomic E-state index is 0.173. The first-order valence-electron chi connectivity index (χ1n) is 13.7. The van der Waals surface area contributed by atoms with Gasteiger partial charge in [0.05, 0.1) is 18.7 Å². The van der Waals surface area contributed by atoms with Crippen LogP contribution in [-0.2, 0) is 11.2 Å². The number of aromatic nitrogens is 1. The summed E-state index contributed by atoms with van der Waals surface area (Å²) in [6.07, 6.45) is 7.33. The average Bonchev–Trinajstić information content (AvgIpc) is 2.92. The number of methoxy groups -OCH3 is 1. The molecule has 2 heterocycles. The highest BCUT2D eigenvalue weighted by molar-refractivity contribution is 5.83. The number of aliphatic hydroxyl groups is 1. The molecule has 6 nitrogen and oxygen atoms in total. The van der Waals surface area contributed by atoms with Crippen molar-refractivity contribution in [2.75, 3.05) is 26.7 Å². The highest BCUT2D eigenvalue weighted by atomic mass is 19.1. The third kappa shape index (κ3) is 7.74. The quantitative estimate of drug-likeness (QED) is 0.267. The van der Waals surface area contributed by atoms with Gasteiger partial charge in [0, 0.05) is 24.5 Å². The smallest absolute Gasteiger partial charge is 0.303 e. The van der Waals surface area contributed by atoms with E-state index in [2.05, 4.69) is 9.88 Å². The fraction of sp³-hybridized carbons (Fsp3) is 0.484. The Hall–Kier alpha value is -3.03. The van der Waals surface area contributed by atoms with E-state index >= 15 is 0 Å². The van der Waals surface area contributed by atoms with E-state index in [9.17, 15) is 19.4 Å². The number of carboxylic acids is 1. The van der Waals surface area contributed by atoms with Gasteiger partial charge in [0.25, 0.3) is 0 Å². The van der Waals surface area contributed by atoms with E-state index in [0.29, 0.717) is 24.7 Å². The summed E-state index contributed by atoms with van der Waals surface area (Å²) >= 11 is 0. The normalized spacial score (nSPS) is 18.9. The van der Waals surface area contributed by atoms with Crippen molar-refractivity contribution >= 4 is 16.9 Å². The van der Waals surface area contributed by atoms with Crippen LogP contribution >= 0.6 is 0 Å².